The average Bonchev–Trinajstić information content (AvgIpc) is 3.17. The van der Waals surface area contributed by atoms with Gasteiger partial charge in [0.2, 0.25) is 5.91 Å². The zero-order valence-electron chi connectivity index (χ0n) is 16.4. The molecule has 0 unspecified atom stereocenters. The second kappa shape index (κ2) is 8.10. The topological polar surface area (TPSA) is 51.2 Å². The highest BCUT2D eigenvalue weighted by Crippen LogP contribution is 2.33. The molecule has 0 radical (unpaired) electrons. The van der Waals surface area contributed by atoms with Crippen LogP contribution in [0.2, 0.25) is 0 Å². The molecule has 0 saturated carbocycles. The lowest BCUT2D eigenvalue weighted by molar-refractivity contribution is -0.117. The maximum absolute atomic E-state index is 13.0. The van der Waals surface area contributed by atoms with Gasteiger partial charge in [-0.1, -0.05) is 12.1 Å². The highest BCUT2D eigenvalue weighted by molar-refractivity contribution is 5.97. The molecule has 2 aromatic rings. The van der Waals surface area contributed by atoms with Gasteiger partial charge in [-0.25, -0.2) is 0 Å². The van der Waals surface area contributed by atoms with E-state index in [0.717, 1.165) is 56.2 Å². The number of rotatable bonds is 5. The molecule has 1 amide bonds. The molecule has 6 heteroatoms. The standard InChI is InChI=1S/C22H26N2O4/c1-26-20-6-3-16(13-21(20)27-2)14-22(25)24-8-7-17-4-5-18(15-19(17)24)23-9-11-28-12-10-23/h3-6,13,15H,7-12,14H2,1-2H3. The summed E-state index contributed by atoms with van der Waals surface area (Å²) in [6.07, 6.45) is 1.23. The van der Waals surface area contributed by atoms with Crippen LogP contribution in [0, 0.1) is 0 Å². The van der Waals surface area contributed by atoms with Gasteiger partial charge in [0, 0.05) is 31.0 Å². The third kappa shape index (κ3) is 3.64. The molecule has 2 aliphatic rings. The Morgan fingerprint density at radius 3 is 2.54 bits per heavy atom. The minimum absolute atomic E-state index is 0.102. The first kappa shape index (κ1) is 18.6. The summed E-state index contributed by atoms with van der Waals surface area (Å²) in [5, 5.41) is 0. The van der Waals surface area contributed by atoms with Crippen LogP contribution in [0.25, 0.3) is 0 Å². The Balaban J connectivity index is 1.52. The van der Waals surface area contributed by atoms with Crippen molar-refractivity contribution in [3.8, 4) is 11.5 Å². The van der Waals surface area contributed by atoms with E-state index in [1.165, 1.54) is 5.56 Å². The van der Waals surface area contributed by atoms with Gasteiger partial charge in [0.1, 0.15) is 0 Å². The number of anilines is 2. The number of methoxy groups -OCH3 is 2. The SMILES string of the molecule is COc1ccc(CC(=O)N2CCc3ccc(N4CCOCC4)cc32)cc1OC. The van der Waals surface area contributed by atoms with E-state index in [-0.39, 0.29) is 5.91 Å². The Bertz CT molecular complexity index is 862. The number of morpholine rings is 1. The van der Waals surface area contributed by atoms with E-state index in [9.17, 15) is 4.79 Å². The molecule has 148 valence electrons. The quantitative estimate of drug-likeness (QED) is 0.796. The van der Waals surface area contributed by atoms with Gasteiger partial charge in [-0.05, 0) is 41.8 Å². The van der Waals surface area contributed by atoms with Gasteiger partial charge in [-0.2, -0.15) is 0 Å². The van der Waals surface area contributed by atoms with Crippen molar-refractivity contribution < 1.29 is 19.0 Å². The normalized spacial score (nSPS) is 16.1. The molecule has 6 nitrogen and oxygen atoms in total. The summed E-state index contributed by atoms with van der Waals surface area (Å²) in [6, 6.07) is 12.1. The predicted molar refractivity (Wildman–Crippen MR) is 109 cm³/mol. The average molecular weight is 382 g/mol. The van der Waals surface area contributed by atoms with Gasteiger partial charge in [0.15, 0.2) is 11.5 Å². The summed E-state index contributed by atoms with van der Waals surface area (Å²) < 4.78 is 16.1. The number of fused-ring (bicyclic) bond motifs is 1. The zero-order valence-corrected chi connectivity index (χ0v) is 16.4. The number of ether oxygens (including phenoxy) is 3. The van der Waals surface area contributed by atoms with Crippen molar-refractivity contribution in [1.29, 1.82) is 0 Å². The van der Waals surface area contributed by atoms with Crippen LogP contribution in [0.5, 0.6) is 11.5 Å². The van der Waals surface area contributed by atoms with E-state index in [1.807, 2.05) is 23.1 Å². The van der Waals surface area contributed by atoms with Crippen molar-refractivity contribution in [3.63, 3.8) is 0 Å². The molecule has 0 atom stereocenters. The third-order valence-electron chi connectivity index (χ3n) is 5.45. The summed E-state index contributed by atoms with van der Waals surface area (Å²) in [5.74, 6) is 1.41. The van der Waals surface area contributed by atoms with E-state index in [1.54, 1.807) is 14.2 Å². The van der Waals surface area contributed by atoms with Crippen molar-refractivity contribution >= 4 is 17.3 Å². The molecule has 2 aliphatic heterocycles. The molecule has 1 fully saturated rings. The smallest absolute Gasteiger partial charge is 0.231 e. The number of hydrogen-bond donors (Lipinski definition) is 0. The van der Waals surface area contributed by atoms with Gasteiger partial charge in [0.05, 0.1) is 33.9 Å². The summed E-state index contributed by atoms with van der Waals surface area (Å²) in [5.41, 5.74) is 4.35. The number of carbonyl (C=O) groups is 1. The second-order valence-corrected chi connectivity index (χ2v) is 7.07. The van der Waals surface area contributed by atoms with E-state index < -0.39 is 0 Å². The summed E-state index contributed by atoms with van der Waals surface area (Å²) in [6.45, 7) is 4.00. The number of amides is 1. The van der Waals surface area contributed by atoms with Gasteiger partial charge in [0.25, 0.3) is 0 Å². The molecule has 1 saturated heterocycles. The van der Waals surface area contributed by atoms with Crippen molar-refractivity contribution in [2.24, 2.45) is 0 Å². The van der Waals surface area contributed by atoms with Crippen LogP contribution in [0.4, 0.5) is 11.4 Å². The molecule has 2 heterocycles. The fourth-order valence-corrected chi connectivity index (χ4v) is 3.91. The molecule has 28 heavy (non-hydrogen) atoms. The Morgan fingerprint density at radius 1 is 1.00 bits per heavy atom. The van der Waals surface area contributed by atoms with Crippen LogP contribution in [0.1, 0.15) is 11.1 Å². The fourth-order valence-electron chi connectivity index (χ4n) is 3.91. The van der Waals surface area contributed by atoms with Crippen LogP contribution in [0.15, 0.2) is 36.4 Å². The zero-order chi connectivity index (χ0) is 19.5. The third-order valence-corrected chi connectivity index (χ3v) is 5.45. The van der Waals surface area contributed by atoms with Crippen molar-refractivity contribution in [3.05, 3.63) is 47.5 Å². The molecule has 2 aromatic carbocycles. The summed E-state index contributed by atoms with van der Waals surface area (Å²) >= 11 is 0. The molecular weight excluding hydrogens is 356 g/mol. The van der Waals surface area contributed by atoms with Gasteiger partial charge in [-0.15, -0.1) is 0 Å². The predicted octanol–water partition coefficient (Wildman–Crippen LogP) is 2.67. The fraction of sp³-hybridized carbons (Fsp3) is 0.409. The van der Waals surface area contributed by atoms with Crippen LogP contribution in [-0.4, -0.2) is 53.0 Å². The molecule has 0 bridgehead atoms. The van der Waals surface area contributed by atoms with E-state index in [2.05, 4.69) is 23.1 Å². The molecule has 0 aromatic heterocycles. The first-order valence-electron chi connectivity index (χ1n) is 9.66. The lowest BCUT2D eigenvalue weighted by Gasteiger charge is -2.29. The second-order valence-electron chi connectivity index (χ2n) is 7.07. The first-order valence-corrected chi connectivity index (χ1v) is 9.66. The van der Waals surface area contributed by atoms with Gasteiger partial charge < -0.3 is 24.0 Å². The highest BCUT2D eigenvalue weighted by Gasteiger charge is 2.26. The molecule has 0 aliphatic carbocycles. The van der Waals surface area contributed by atoms with Crippen molar-refractivity contribution in [2.75, 3.05) is 56.9 Å². The lowest BCUT2D eigenvalue weighted by Crippen LogP contribution is -2.36. The van der Waals surface area contributed by atoms with Gasteiger partial charge in [-0.3, -0.25) is 4.79 Å². The van der Waals surface area contributed by atoms with Crippen LogP contribution in [-0.2, 0) is 22.4 Å². The lowest BCUT2D eigenvalue weighted by atomic mass is 10.1. The Labute approximate surface area is 165 Å². The molecule has 4 rings (SSSR count). The Morgan fingerprint density at radius 2 is 1.79 bits per heavy atom. The van der Waals surface area contributed by atoms with Gasteiger partial charge >= 0.3 is 0 Å². The molecule has 0 N–H and O–H groups in total. The summed E-state index contributed by atoms with van der Waals surface area (Å²) in [7, 11) is 3.21. The molecule has 0 spiro atoms. The number of nitrogens with zero attached hydrogens (tertiary/aromatic N) is 2. The van der Waals surface area contributed by atoms with E-state index in [4.69, 9.17) is 14.2 Å². The van der Waals surface area contributed by atoms with Crippen LogP contribution in [0.3, 0.4) is 0 Å². The van der Waals surface area contributed by atoms with Crippen LogP contribution >= 0.6 is 0 Å². The largest absolute Gasteiger partial charge is 0.493 e. The van der Waals surface area contributed by atoms with E-state index in [0.29, 0.717) is 17.9 Å². The molecular formula is C22H26N2O4. The first-order chi connectivity index (χ1) is 13.7. The van der Waals surface area contributed by atoms with E-state index >= 15 is 0 Å². The van der Waals surface area contributed by atoms with Crippen molar-refractivity contribution in [1.82, 2.24) is 0 Å². The Hall–Kier alpha value is -2.73. The monoisotopic (exact) mass is 382 g/mol. The number of benzene rings is 2. The minimum Gasteiger partial charge on any atom is -0.493 e. The maximum Gasteiger partial charge on any atom is 0.231 e. The maximum atomic E-state index is 13.0. The summed E-state index contributed by atoms with van der Waals surface area (Å²) in [4.78, 5) is 17.3. The minimum atomic E-state index is 0.102. The van der Waals surface area contributed by atoms with Crippen LogP contribution < -0.4 is 19.3 Å². The highest BCUT2D eigenvalue weighted by atomic mass is 16.5. The number of carbonyl (C=O) groups excluding carboxylic acids is 1. The Kier molecular flexibility index (Phi) is 5.39. The van der Waals surface area contributed by atoms with Crippen molar-refractivity contribution in [2.45, 2.75) is 12.8 Å². The number of hydrogen-bond acceptors (Lipinski definition) is 5.